The molecule has 2 fully saturated rings. The van der Waals surface area contributed by atoms with Gasteiger partial charge in [0.15, 0.2) is 5.78 Å². The van der Waals surface area contributed by atoms with Crippen molar-refractivity contribution in [3.63, 3.8) is 0 Å². The summed E-state index contributed by atoms with van der Waals surface area (Å²) in [6, 6.07) is 6.23. The Bertz CT molecular complexity index is 526. The Morgan fingerprint density at radius 1 is 1.14 bits per heavy atom. The second kappa shape index (κ2) is 5.90. The van der Waals surface area contributed by atoms with Crippen LogP contribution >= 0.6 is 0 Å². The molecule has 0 unspecified atom stereocenters. The first-order chi connectivity index (χ1) is 10.1. The highest BCUT2D eigenvalue weighted by atomic mass is 16.5. The van der Waals surface area contributed by atoms with Crippen molar-refractivity contribution >= 4 is 5.78 Å². The molecule has 2 aliphatic rings. The molecule has 3 heteroatoms. The largest absolute Gasteiger partial charge is 0.379 e. The average Bonchev–Trinajstić information content (AvgIpc) is 3.01. The molecule has 1 aliphatic heterocycles. The van der Waals surface area contributed by atoms with E-state index in [1.807, 2.05) is 0 Å². The number of rotatable bonds is 3. The van der Waals surface area contributed by atoms with Gasteiger partial charge in [0.05, 0.1) is 18.8 Å². The lowest BCUT2D eigenvalue weighted by Crippen LogP contribution is -2.56. The number of morpholine rings is 1. The highest BCUT2D eigenvalue weighted by Gasteiger charge is 2.46. The van der Waals surface area contributed by atoms with E-state index in [1.54, 1.807) is 0 Å². The molecule has 0 aromatic heterocycles. The van der Waals surface area contributed by atoms with Crippen LogP contribution in [0, 0.1) is 13.8 Å². The van der Waals surface area contributed by atoms with Gasteiger partial charge in [-0.05, 0) is 38.3 Å². The van der Waals surface area contributed by atoms with Crippen LogP contribution < -0.4 is 0 Å². The third-order valence-corrected chi connectivity index (χ3v) is 5.11. The van der Waals surface area contributed by atoms with Crippen LogP contribution in [-0.2, 0) is 4.74 Å². The Labute approximate surface area is 127 Å². The Balaban J connectivity index is 1.96. The predicted molar refractivity (Wildman–Crippen MR) is 83.8 cm³/mol. The number of nitrogens with zero attached hydrogens (tertiary/aromatic N) is 1. The molecular weight excluding hydrogens is 262 g/mol. The maximum atomic E-state index is 13.4. The van der Waals surface area contributed by atoms with Gasteiger partial charge in [-0.15, -0.1) is 0 Å². The minimum atomic E-state index is -0.275. The third-order valence-electron chi connectivity index (χ3n) is 5.11. The summed E-state index contributed by atoms with van der Waals surface area (Å²) in [7, 11) is 0. The number of benzene rings is 1. The van der Waals surface area contributed by atoms with E-state index in [1.165, 1.54) is 5.56 Å². The molecule has 1 heterocycles. The quantitative estimate of drug-likeness (QED) is 0.800. The first kappa shape index (κ1) is 14.7. The topological polar surface area (TPSA) is 29.5 Å². The van der Waals surface area contributed by atoms with Crippen LogP contribution in [0.1, 0.15) is 47.2 Å². The normalized spacial score (nSPS) is 22.4. The summed E-state index contributed by atoms with van der Waals surface area (Å²) in [4.78, 5) is 15.8. The van der Waals surface area contributed by atoms with Gasteiger partial charge in [0.2, 0.25) is 0 Å². The van der Waals surface area contributed by atoms with Gasteiger partial charge in [0.1, 0.15) is 0 Å². The summed E-state index contributed by atoms with van der Waals surface area (Å²) in [5.41, 5.74) is 2.91. The van der Waals surface area contributed by atoms with E-state index < -0.39 is 0 Å². The van der Waals surface area contributed by atoms with Crippen molar-refractivity contribution in [2.24, 2.45) is 0 Å². The second-order valence-electron chi connectivity index (χ2n) is 6.49. The fraction of sp³-hybridized carbons (Fsp3) is 0.611. The number of hydrogen-bond acceptors (Lipinski definition) is 3. The molecule has 1 aromatic carbocycles. The third kappa shape index (κ3) is 2.65. The van der Waals surface area contributed by atoms with E-state index >= 15 is 0 Å². The fourth-order valence-corrected chi connectivity index (χ4v) is 3.87. The molecule has 0 spiro atoms. The van der Waals surface area contributed by atoms with E-state index in [4.69, 9.17) is 4.74 Å². The zero-order chi connectivity index (χ0) is 14.9. The zero-order valence-corrected chi connectivity index (χ0v) is 13.2. The highest BCUT2D eigenvalue weighted by Crippen LogP contribution is 2.39. The number of ether oxygens (including phenoxy) is 1. The van der Waals surface area contributed by atoms with E-state index in [0.29, 0.717) is 5.78 Å². The van der Waals surface area contributed by atoms with Crippen LogP contribution in [0.5, 0.6) is 0 Å². The Kier molecular flexibility index (Phi) is 4.14. The van der Waals surface area contributed by atoms with Crippen molar-refractivity contribution < 1.29 is 9.53 Å². The molecule has 0 amide bonds. The van der Waals surface area contributed by atoms with Crippen molar-refractivity contribution in [2.75, 3.05) is 26.3 Å². The molecule has 0 N–H and O–H groups in total. The minimum Gasteiger partial charge on any atom is -0.379 e. The summed E-state index contributed by atoms with van der Waals surface area (Å²) in [6.07, 6.45) is 4.32. The average molecular weight is 287 g/mol. The van der Waals surface area contributed by atoms with Crippen molar-refractivity contribution in [2.45, 2.75) is 45.1 Å². The van der Waals surface area contributed by atoms with E-state index in [-0.39, 0.29) is 5.54 Å². The van der Waals surface area contributed by atoms with Gasteiger partial charge in [0.25, 0.3) is 0 Å². The maximum absolute atomic E-state index is 13.4. The summed E-state index contributed by atoms with van der Waals surface area (Å²) in [5.74, 6) is 0.336. The van der Waals surface area contributed by atoms with Gasteiger partial charge in [-0.3, -0.25) is 9.69 Å². The predicted octanol–water partition coefficient (Wildman–Crippen LogP) is 3.13. The van der Waals surface area contributed by atoms with Gasteiger partial charge in [0, 0.05) is 18.7 Å². The summed E-state index contributed by atoms with van der Waals surface area (Å²) < 4.78 is 5.48. The molecule has 0 radical (unpaired) electrons. The molecule has 1 aromatic rings. The summed E-state index contributed by atoms with van der Waals surface area (Å²) in [5, 5.41) is 0. The maximum Gasteiger partial charge on any atom is 0.183 e. The molecule has 3 nitrogen and oxygen atoms in total. The van der Waals surface area contributed by atoms with Crippen LogP contribution in [0.15, 0.2) is 18.2 Å². The van der Waals surface area contributed by atoms with Crippen molar-refractivity contribution in [1.82, 2.24) is 4.90 Å². The number of carbonyl (C=O) groups excluding carboxylic acids is 1. The SMILES string of the molecule is Cc1ccc(C)c(C(=O)C2(N3CCOCC3)CCCC2)c1. The highest BCUT2D eigenvalue weighted by molar-refractivity contribution is 6.04. The number of aryl methyl sites for hydroxylation is 2. The number of hydrogen-bond donors (Lipinski definition) is 0. The molecule has 0 bridgehead atoms. The van der Waals surface area contributed by atoms with Gasteiger partial charge >= 0.3 is 0 Å². The van der Waals surface area contributed by atoms with Gasteiger partial charge in [-0.1, -0.05) is 30.5 Å². The van der Waals surface area contributed by atoms with Crippen molar-refractivity contribution in [1.29, 1.82) is 0 Å². The lowest BCUT2D eigenvalue weighted by molar-refractivity contribution is -0.0130. The van der Waals surface area contributed by atoms with Crippen LogP contribution in [0.2, 0.25) is 0 Å². The van der Waals surface area contributed by atoms with E-state index in [9.17, 15) is 4.79 Å². The summed E-state index contributed by atoms with van der Waals surface area (Å²) in [6.45, 7) is 7.39. The number of carbonyl (C=O) groups is 1. The molecule has 3 rings (SSSR count). The van der Waals surface area contributed by atoms with Crippen LogP contribution in [0.25, 0.3) is 0 Å². The van der Waals surface area contributed by atoms with E-state index in [0.717, 1.165) is 63.1 Å². The molecule has 0 atom stereocenters. The van der Waals surface area contributed by atoms with E-state index in [2.05, 4.69) is 36.9 Å². The lowest BCUT2D eigenvalue weighted by Gasteiger charge is -2.42. The van der Waals surface area contributed by atoms with Gasteiger partial charge < -0.3 is 4.74 Å². The molecular formula is C18H25NO2. The Morgan fingerprint density at radius 2 is 1.81 bits per heavy atom. The zero-order valence-electron chi connectivity index (χ0n) is 13.2. The molecule has 114 valence electrons. The molecule has 21 heavy (non-hydrogen) atoms. The molecule has 1 aliphatic carbocycles. The van der Waals surface area contributed by atoms with Gasteiger partial charge in [-0.25, -0.2) is 0 Å². The van der Waals surface area contributed by atoms with Crippen molar-refractivity contribution in [3.8, 4) is 0 Å². The van der Waals surface area contributed by atoms with Crippen LogP contribution in [-0.4, -0.2) is 42.5 Å². The van der Waals surface area contributed by atoms with Crippen LogP contribution in [0.4, 0.5) is 0 Å². The summed E-state index contributed by atoms with van der Waals surface area (Å²) >= 11 is 0. The standard InChI is InChI=1S/C18H25NO2/c1-14-5-6-15(2)16(13-14)17(20)18(7-3-4-8-18)19-9-11-21-12-10-19/h5-6,13H,3-4,7-12H2,1-2H3. The first-order valence-corrected chi connectivity index (χ1v) is 8.08. The van der Waals surface area contributed by atoms with Gasteiger partial charge in [-0.2, -0.15) is 0 Å². The lowest BCUT2D eigenvalue weighted by atomic mass is 9.83. The molecule has 1 saturated heterocycles. The fourth-order valence-electron chi connectivity index (χ4n) is 3.87. The monoisotopic (exact) mass is 287 g/mol. The molecule has 1 saturated carbocycles. The first-order valence-electron chi connectivity index (χ1n) is 8.08. The number of ketones is 1. The minimum absolute atomic E-state index is 0.275. The number of Topliss-reactive ketones (excluding diaryl/α,β-unsaturated/α-hetero) is 1. The van der Waals surface area contributed by atoms with Crippen molar-refractivity contribution in [3.05, 3.63) is 34.9 Å². The smallest absolute Gasteiger partial charge is 0.183 e. The Morgan fingerprint density at radius 3 is 2.48 bits per heavy atom. The van der Waals surface area contributed by atoms with Crippen LogP contribution in [0.3, 0.4) is 0 Å². The second-order valence-corrected chi connectivity index (χ2v) is 6.49. The Hall–Kier alpha value is -1.19.